The summed E-state index contributed by atoms with van der Waals surface area (Å²) < 4.78 is 40.4. The zero-order valence-corrected chi connectivity index (χ0v) is 25.0. The van der Waals surface area contributed by atoms with Crippen molar-refractivity contribution >= 4 is 33.7 Å². The summed E-state index contributed by atoms with van der Waals surface area (Å²) >= 11 is 3.34. The van der Waals surface area contributed by atoms with Gasteiger partial charge in [0.05, 0.1) is 33.9 Å². The maximum Gasteiger partial charge on any atom is 0.331 e. The molecule has 3 aliphatic rings. The van der Waals surface area contributed by atoms with Crippen molar-refractivity contribution in [3.8, 4) is 28.7 Å². The predicted octanol–water partition coefficient (Wildman–Crippen LogP) is 5.16. The molecule has 2 aliphatic heterocycles. The number of ether oxygens (including phenoxy) is 7. The molecule has 0 spiro atoms. The number of esters is 2. The highest BCUT2D eigenvalue weighted by Crippen LogP contribution is 2.56. The van der Waals surface area contributed by atoms with Crippen LogP contribution in [-0.4, -0.2) is 52.5 Å². The van der Waals surface area contributed by atoms with Gasteiger partial charge >= 0.3 is 11.9 Å². The van der Waals surface area contributed by atoms with Crippen molar-refractivity contribution < 1.29 is 47.5 Å². The number of allylic oxidation sites excluding steroid dienone is 1. The van der Waals surface area contributed by atoms with Crippen LogP contribution >= 0.6 is 15.9 Å². The van der Waals surface area contributed by atoms with Gasteiger partial charge in [-0.25, -0.2) is 4.79 Å². The molecule has 1 saturated heterocycles. The van der Waals surface area contributed by atoms with Crippen LogP contribution in [0.1, 0.15) is 39.1 Å². The molecule has 6 rings (SSSR count). The molecule has 1 aliphatic carbocycles. The lowest BCUT2D eigenvalue weighted by Crippen LogP contribution is -2.36. The van der Waals surface area contributed by atoms with Gasteiger partial charge in [0, 0.05) is 33.5 Å². The quantitative estimate of drug-likeness (QED) is 0.184. The van der Waals surface area contributed by atoms with Gasteiger partial charge in [0.25, 0.3) is 0 Å². The van der Waals surface area contributed by atoms with Crippen LogP contribution in [0.2, 0.25) is 0 Å². The van der Waals surface area contributed by atoms with Crippen molar-refractivity contribution in [1.29, 1.82) is 0 Å². The van der Waals surface area contributed by atoms with E-state index in [1.54, 1.807) is 48.5 Å². The second-order valence-electron chi connectivity index (χ2n) is 10.2. The van der Waals surface area contributed by atoms with E-state index in [1.807, 2.05) is 0 Å². The first-order valence-corrected chi connectivity index (χ1v) is 14.2. The number of benzene rings is 3. The number of halogens is 1. The molecular formula is C32H27BrO10. The number of hydrogen-bond acceptors (Lipinski definition) is 10. The summed E-state index contributed by atoms with van der Waals surface area (Å²) in [5.41, 5.74) is 2.48. The number of carbonyl (C=O) groups is 3. The zero-order chi connectivity index (χ0) is 30.2. The summed E-state index contributed by atoms with van der Waals surface area (Å²) in [6, 6.07) is 14.0. The number of cyclic esters (lactones) is 1. The minimum atomic E-state index is -0.862. The summed E-state index contributed by atoms with van der Waals surface area (Å²) in [5, 5.41) is 0. The molecule has 2 heterocycles. The highest BCUT2D eigenvalue weighted by molar-refractivity contribution is 9.10. The molecule has 4 atom stereocenters. The van der Waals surface area contributed by atoms with E-state index >= 15 is 0 Å². The van der Waals surface area contributed by atoms with E-state index in [0.29, 0.717) is 51.0 Å². The number of ketones is 1. The van der Waals surface area contributed by atoms with Crippen molar-refractivity contribution in [3.05, 3.63) is 87.4 Å². The Hall–Kier alpha value is -4.51. The summed E-state index contributed by atoms with van der Waals surface area (Å²) in [6.07, 6.45) is 1.40. The molecular weight excluding hydrogens is 624 g/mol. The zero-order valence-electron chi connectivity index (χ0n) is 23.5. The minimum absolute atomic E-state index is 0.0351. The Bertz CT molecular complexity index is 1600. The van der Waals surface area contributed by atoms with E-state index in [4.69, 9.17) is 33.2 Å². The van der Waals surface area contributed by atoms with Crippen LogP contribution in [0.15, 0.2) is 65.2 Å². The number of fused-ring (bicyclic) bond motifs is 3. The van der Waals surface area contributed by atoms with E-state index in [9.17, 15) is 14.4 Å². The smallest absolute Gasteiger partial charge is 0.331 e. The molecule has 3 aromatic rings. The van der Waals surface area contributed by atoms with Gasteiger partial charge in [-0.15, -0.1) is 0 Å². The Balaban J connectivity index is 1.40. The van der Waals surface area contributed by atoms with Gasteiger partial charge in [-0.3, -0.25) is 9.59 Å². The molecule has 0 N–H and O–H groups in total. The molecule has 43 heavy (non-hydrogen) atoms. The molecule has 0 amide bonds. The summed E-state index contributed by atoms with van der Waals surface area (Å²) in [6.45, 7) is 0.0745. The normalized spacial score (nSPS) is 21.5. The molecule has 0 saturated carbocycles. The molecule has 11 heteroatoms. The maximum atomic E-state index is 13.3. The van der Waals surface area contributed by atoms with Crippen molar-refractivity contribution in [3.63, 3.8) is 0 Å². The number of methoxy groups -OCH3 is 3. The summed E-state index contributed by atoms with van der Waals surface area (Å²) in [4.78, 5) is 39.1. The third-order valence-electron chi connectivity index (χ3n) is 7.91. The molecule has 222 valence electrons. The van der Waals surface area contributed by atoms with Crippen LogP contribution < -0.4 is 23.7 Å². The molecule has 0 bridgehead atoms. The Kier molecular flexibility index (Phi) is 7.74. The Labute approximate surface area is 255 Å². The van der Waals surface area contributed by atoms with Crippen LogP contribution in [0, 0.1) is 11.8 Å². The van der Waals surface area contributed by atoms with Gasteiger partial charge in [-0.2, -0.15) is 0 Å². The first-order valence-electron chi connectivity index (χ1n) is 13.4. The molecule has 0 aromatic heterocycles. The molecule has 0 radical (unpaired) electrons. The highest BCUT2D eigenvalue weighted by atomic mass is 79.9. The topological polar surface area (TPSA) is 116 Å². The fourth-order valence-corrected chi connectivity index (χ4v) is 6.23. The number of rotatable bonds is 8. The Morgan fingerprint density at radius 1 is 0.860 bits per heavy atom. The van der Waals surface area contributed by atoms with E-state index in [-0.39, 0.29) is 19.2 Å². The van der Waals surface area contributed by atoms with Gasteiger partial charge in [-0.05, 0) is 65.7 Å². The van der Waals surface area contributed by atoms with Gasteiger partial charge in [0.1, 0.15) is 6.10 Å². The monoisotopic (exact) mass is 650 g/mol. The fraction of sp³-hybridized carbons (Fsp3) is 0.281. The van der Waals surface area contributed by atoms with Gasteiger partial charge < -0.3 is 33.2 Å². The molecule has 1 fully saturated rings. The fourth-order valence-electron chi connectivity index (χ4n) is 5.96. The van der Waals surface area contributed by atoms with Crippen molar-refractivity contribution in [1.82, 2.24) is 0 Å². The van der Waals surface area contributed by atoms with Crippen LogP contribution in [0.5, 0.6) is 28.7 Å². The van der Waals surface area contributed by atoms with Crippen LogP contribution in [0.4, 0.5) is 0 Å². The van der Waals surface area contributed by atoms with Crippen molar-refractivity contribution in [2.45, 2.75) is 12.0 Å². The van der Waals surface area contributed by atoms with E-state index in [1.165, 1.54) is 27.4 Å². The lowest BCUT2D eigenvalue weighted by molar-refractivity contribution is -0.148. The van der Waals surface area contributed by atoms with Gasteiger partial charge in [-0.1, -0.05) is 15.9 Å². The van der Waals surface area contributed by atoms with Gasteiger partial charge in [0.15, 0.2) is 28.8 Å². The van der Waals surface area contributed by atoms with Crippen LogP contribution in [0.25, 0.3) is 0 Å². The number of carbonyl (C=O) groups excluding carboxylic acids is 3. The summed E-state index contributed by atoms with van der Waals surface area (Å²) in [5.74, 6) is -0.994. The third-order valence-corrected chi connectivity index (χ3v) is 8.44. The first-order chi connectivity index (χ1) is 20.8. The average molecular weight is 651 g/mol. The second kappa shape index (κ2) is 11.6. The van der Waals surface area contributed by atoms with E-state index < -0.39 is 35.8 Å². The average Bonchev–Trinajstić information content (AvgIpc) is 3.64. The molecule has 3 aromatic carbocycles. The van der Waals surface area contributed by atoms with Crippen LogP contribution in [0.3, 0.4) is 0 Å². The standard InChI is InChI=1S/C32H27BrO10/c1-37-25-10-17(11-26(38-2)31(25)39-3)28-19-12-23-24(42-15-41-23)13-20(19)30(21-14-40-32(36)29(21)28)43-27(35)9-8-22(34)16-4-6-18(33)7-5-16/h4-13,21,28-30H,14-15H2,1-3H3. The highest BCUT2D eigenvalue weighted by Gasteiger charge is 2.54. The Morgan fingerprint density at radius 2 is 1.51 bits per heavy atom. The molecule has 4 unspecified atom stereocenters. The van der Waals surface area contributed by atoms with E-state index in [0.717, 1.165) is 10.5 Å². The molecule has 10 nitrogen and oxygen atoms in total. The lowest BCUT2D eigenvalue weighted by atomic mass is 9.66. The third kappa shape index (κ3) is 5.18. The number of hydrogen-bond donors (Lipinski definition) is 0. The maximum absolute atomic E-state index is 13.3. The first kappa shape index (κ1) is 28.6. The predicted molar refractivity (Wildman–Crippen MR) is 155 cm³/mol. The largest absolute Gasteiger partial charge is 0.493 e. The van der Waals surface area contributed by atoms with Gasteiger partial charge in [0.2, 0.25) is 12.5 Å². The second-order valence-corrected chi connectivity index (χ2v) is 11.1. The van der Waals surface area contributed by atoms with Crippen molar-refractivity contribution in [2.24, 2.45) is 11.8 Å². The Morgan fingerprint density at radius 3 is 2.14 bits per heavy atom. The lowest BCUT2D eigenvalue weighted by Gasteiger charge is -2.38. The van der Waals surface area contributed by atoms with E-state index in [2.05, 4.69) is 15.9 Å². The summed E-state index contributed by atoms with van der Waals surface area (Å²) in [7, 11) is 4.55. The van der Waals surface area contributed by atoms with Crippen LogP contribution in [-0.2, 0) is 19.1 Å². The SMILES string of the molecule is COc1cc(C2c3cc4c(cc3C(OC(=O)C=CC(=O)c3ccc(Br)cc3)C3COC(=O)C23)OCO4)cc(OC)c1OC. The minimum Gasteiger partial charge on any atom is -0.493 e. The van der Waals surface area contributed by atoms with Crippen molar-refractivity contribution in [2.75, 3.05) is 34.7 Å².